The van der Waals surface area contributed by atoms with Gasteiger partial charge in [-0.3, -0.25) is 4.18 Å². The van der Waals surface area contributed by atoms with E-state index in [-0.39, 0.29) is 37.4 Å². The Kier molecular flexibility index (Phi) is 6.79. The fourth-order valence-electron chi connectivity index (χ4n) is 2.99. The van der Waals surface area contributed by atoms with E-state index >= 15 is 0 Å². The second kappa shape index (κ2) is 9.15. The molecule has 0 N–H and O–H groups in total. The molecule has 162 valence electrons. The van der Waals surface area contributed by atoms with Crippen molar-refractivity contribution in [3.05, 3.63) is 65.7 Å². The lowest BCUT2D eigenvalue weighted by atomic mass is 10.1. The molecule has 1 aliphatic rings. The molecular weight excluding hydrogens is 430 g/mol. The first-order valence-corrected chi connectivity index (χ1v) is 12.8. The van der Waals surface area contributed by atoms with E-state index < -0.39 is 30.2 Å². The van der Waals surface area contributed by atoms with Gasteiger partial charge in [0.25, 0.3) is 0 Å². The van der Waals surface area contributed by atoms with Gasteiger partial charge in [0.15, 0.2) is 0 Å². The molecular formula is C20H23NO7S2. The van der Waals surface area contributed by atoms with Crippen LogP contribution >= 0.6 is 0 Å². The number of aryl methyl sites for hydroxylation is 1. The van der Waals surface area contributed by atoms with Crippen LogP contribution in [0.1, 0.15) is 24.0 Å². The van der Waals surface area contributed by atoms with E-state index in [1.807, 2.05) is 30.3 Å². The number of likely N-dealkylation sites (tertiary alicyclic amines) is 1. The number of rotatable bonds is 6. The quantitative estimate of drug-likeness (QED) is 0.619. The second-order valence-corrected chi connectivity index (χ2v) is 11.9. The van der Waals surface area contributed by atoms with Crippen LogP contribution in [-0.2, 0) is 33.5 Å². The van der Waals surface area contributed by atoms with E-state index in [1.165, 1.54) is 29.2 Å². The molecule has 0 radical (unpaired) electrons. The lowest BCUT2D eigenvalue weighted by Crippen LogP contribution is -2.42. The maximum Gasteiger partial charge on any atom is 0.410 e. The minimum atomic E-state index is -4.87. The maximum absolute atomic E-state index is 12.4. The van der Waals surface area contributed by atoms with Crippen molar-refractivity contribution in [1.82, 2.24) is 4.90 Å². The predicted octanol–water partition coefficient (Wildman–Crippen LogP) is 2.83. The van der Waals surface area contributed by atoms with E-state index in [9.17, 15) is 21.6 Å². The molecule has 8 nitrogen and oxygen atoms in total. The summed E-state index contributed by atoms with van der Waals surface area (Å²) in [6, 6.07) is 14.7. The number of ether oxygens (including phenoxy) is 1. The summed E-state index contributed by atoms with van der Waals surface area (Å²) in [4.78, 5) is 13.3. The minimum Gasteiger partial charge on any atom is -0.445 e. The Balaban J connectivity index is 1.54. The van der Waals surface area contributed by atoms with Crippen LogP contribution in [-0.4, -0.2) is 47.0 Å². The molecule has 30 heavy (non-hydrogen) atoms. The predicted molar refractivity (Wildman–Crippen MR) is 110 cm³/mol. The minimum absolute atomic E-state index is 0.138. The highest BCUT2D eigenvalue weighted by Crippen LogP contribution is 2.24. The lowest BCUT2D eigenvalue weighted by molar-refractivity contribution is 0.0665. The molecule has 2 aromatic rings. The van der Waals surface area contributed by atoms with Gasteiger partial charge >= 0.3 is 24.1 Å². The van der Waals surface area contributed by atoms with Crippen molar-refractivity contribution < 1.29 is 30.6 Å². The van der Waals surface area contributed by atoms with E-state index in [4.69, 9.17) is 8.92 Å². The molecule has 0 bridgehead atoms. The van der Waals surface area contributed by atoms with Crippen LogP contribution in [0.25, 0.3) is 0 Å². The van der Waals surface area contributed by atoms with Gasteiger partial charge in [-0.25, -0.2) is 13.2 Å². The third-order valence-electron chi connectivity index (χ3n) is 4.74. The average molecular weight is 454 g/mol. The first-order valence-electron chi connectivity index (χ1n) is 9.39. The van der Waals surface area contributed by atoms with Crippen molar-refractivity contribution in [3.8, 4) is 0 Å². The van der Waals surface area contributed by atoms with E-state index in [2.05, 4.69) is 0 Å². The van der Waals surface area contributed by atoms with Gasteiger partial charge in [0, 0.05) is 13.1 Å². The molecule has 0 aromatic heterocycles. The summed E-state index contributed by atoms with van der Waals surface area (Å²) < 4.78 is 59.8. The van der Waals surface area contributed by atoms with Gasteiger partial charge in [-0.15, -0.1) is 0 Å². The number of carbonyl (C=O) groups excluding carboxylic acids is 1. The Hall–Kier alpha value is -2.43. The summed E-state index contributed by atoms with van der Waals surface area (Å²) >= 11 is 0. The molecule has 1 heterocycles. The molecule has 1 aliphatic heterocycles. The molecule has 0 spiro atoms. The third kappa shape index (κ3) is 5.18. The molecule has 10 heteroatoms. The van der Waals surface area contributed by atoms with Crippen molar-refractivity contribution in [1.29, 1.82) is 0 Å². The topological polar surface area (TPSA) is 107 Å². The van der Waals surface area contributed by atoms with Crippen molar-refractivity contribution in [3.63, 3.8) is 0 Å². The zero-order chi connectivity index (χ0) is 21.8. The highest BCUT2D eigenvalue weighted by molar-refractivity contribution is 8.65. The molecule has 0 saturated carbocycles. The van der Waals surface area contributed by atoms with Crippen molar-refractivity contribution in [2.75, 3.05) is 13.1 Å². The third-order valence-corrected chi connectivity index (χ3v) is 9.06. The van der Waals surface area contributed by atoms with Crippen LogP contribution in [0.4, 0.5) is 4.79 Å². The fourth-order valence-corrected chi connectivity index (χ4v) is 6.00. The number of carbonyl (C=O) groups is 1. The van der Waals surface area contributed by atoms with Gasteiger partial charge < -0.3 is 9.64 Å². The van der Waals surface area contributed by atoms with Gasteiger partial charge in [0.2, 0.25) is 0 Å². The first kappa shape index (κ1) is 22.3. The van der Waals surface area contributed by atoms with Gasteiger partial charge in [0.1, 0.15) is 6.61 Å². The maximum atomic E-state index is 12.4. The standard InChI is InChI=1S/C20H23NO7S2/c1-16-7-9-19(10-8-16)29(23,24)30(25,26)28-18-11-13-21(14-12-18)20(22)27-15-17-5-3-2-4-6-17/h2-10,18H,11-15H2,1H3. The highest BCUT2D eigenvalue weighted by Gasteiger charge is 2.37. The number of amides is 1. The summed E-state index contributed by atoms with van der Waals surface area (Å²) in [7, 11) is -9.55. The Morgan fingerprint density at radius 2 is 1.57 bits per heavy atom. The van der Waals surface area contributed by atoms with Crippen LogP contribution in [0.2, 0.25) is 0 Å². The Morgan fingerprint density at radius 1 is 0.967 bits per heavy atom. The van der Waals surface area contributed by atoms with Crippen LogP contribution < -0.4 is 0 Å². The molecule has 0 atom stereocenters. The number of nitrogens with zero attached hydrogens (tertiary/aromatic N) is 1. The molecule has 1 fully saturated rings. The second-order valence-electron chi connectivity index (χ2n) is 7.00. The normalized spacial score (nSPS) is 15.7. The average Bonchev–Trinajstić information content (AvgIpc) is 2.73. The molecule has 1 amide bonds. The summed E-state index contributed by atoms with van der Waals surface area (Å²) in [5, 5.41) is 0. The van der Waals surface area contributed by atoms with Crippen molar-refractivity contribution in [2.45, 2.75) is 37.4 Å². The van der Waals surface area contributed by atoms with Crippen LogP contribution in [0.15, 0.2) is 59.5 Å². The Labute approximate surface area is 175 Å². The summed E-state index contributed by atoms with van der Waals surface area (Å²) in [6.07, 6.45) is -0.965. The first-order chi connectivity index (χ1) is 14.2. The molecule has 0 unspecified atom stereocenters. The smallest absolute Gasteiger partial charge is 0.410 e. The summed E-state index contributed by atoms with van der Waals surface area (Å²) in [6.45, 7) is 2.32. The lowest BCUT2D eigenvalue weighted by Gasteiger charge is -2.30. The summed E-state index contributed by atoms with van der Waals surface area (Å²) in [5.41, 5.74) is 1.66. The summed E-state index contributed by atoms with van der Waals surface area (Å²) in [5.74, 6) is 0. The number of piperidine rings is 1. The largest absolute Gasteiger partial charge is 0.445 e. The monoisotopic (exact) mass is 453 g/mol. The zero-order valence-electron chi connectivity index (χ0n) is 16.4. The number of hydrogen-bond acceptors (Lipinski definition) is 7. The van der Waals surface area contributed by atoms with E-state index in [1.54, 1.807) is 6.92 Å². The molecule has 2 aromatic carbocycles. The SMILES string of the molecule is Cc1ccc(S(=O)(=O)S(=O)(=O)OC2CCN(C(=O)OCc3ccccc3)CC2)cc1. The van der Waals surface area contributed by atoms with Crippen molar-refractivity contribution >= 4 is 24.1 Å². The number of benzene rings is 2. The van der Waals surface area contributed by atoms with Gasteiger partial charge in [-0.1, -0.05) is 48.0 Å². The zero-order valence-corrected chi connectivity index (χ0v) is 18.1. The van der Waals surface area contributed by atoms with Crippen LogP contribution in [0.5, 0.6) is 0 Å². The van der Waals surface area contributed by atoms with E-state index in [0.717, 1.165) is 11.1 Å². The Bertz CT molecular complexity index is 1070. The van der Waals surface area contributed by atoms with E-state index in [0.29, 0.717) is 0 Å². The Morgan fingerprint density at radius 3 is 2.17 bits per heavy atom. The van der Waals surface area contributed by atoms with Gasteiger partial charge in [-0.2, -0.15) is 8.42 Å². The van der Waals surface area contributed by atoms with Crippen LogP contribution in [0, 0.1) is 6.92 Å². The fraction of sp³-hybridized carbons (Fsp3) is 0.350. The number of hydrogen-bond donors (Lipinski definition) is 0. The molecule has 0 aliphatic carbocycles. The van der Waals surface area contributed by atoms with Gasteiger partial charge in [-0.05, 0) is 37.5 Å². The molecule has 3 rings (SSSR count). The van der Waals surface area contributed by atoms with Crippen molar-refractivity contribution in [2.24, 2.45) is 0 Å². The van der Waals surface area contributed by atoms with Crippen LogP contribution in [0.3, 0.4) is 0 Å². The highest BCUT2D eigenvalue weighted by atomic mass is 33.2. The molecule has 1 saturated heterocycles. The van der Waals surface area contributed by atoms with Gasteiger partial charge in [0.05, 0.1) is 11.0 Å².